The van der Waals surface area contributed by atoms with E-state index in [1.807, 2.05) is 27.5 Å². The summed E-state index contributed by atoms with van der Waals surface area (Å²) in [5, 5.41) is 16.2. The summed E-state index contributed by atoms with van der Waals surface area (Å²) in [7, 11) is 2.88. The van der Waals surface area contributed by atoms with Gasteiger partial charge in [0.25, 0.3) is 0 Å². The monoisotopic (exact) mass is 856 g/mol. The van der Waals surface area contributed by atoms with Gasteiger partial charge in [0.05, 0.1) is 22.5 Å². The molecule has 1 saturated carbocycles. The SMILES string of the molecule is CC(C)C1CC(=O)c2c(noc2CC2CCCCC2)C1.COCC(=O)N1CCC(Cc2onc3c2C(=O)CC(C(C)C)C3)CC1.COCC(=O)O.[2H]CI. The summed E-state index contributed by atoms with van der Waals surface area (Å²) >= 11 is 1.96. The van der Waals surface area contributed by atoms with Gasteiger partial charge in [-0.25, -0.2) is 4.79 Å². The van der Waals surface area contributed by atoms with Gasteiger partial charge in [0.15, 0.2) is 11.6 Å². The molecule has 1 aliphatic heterocycles. The van der Waals surface area contributed by atoms with Crippen LogP contribution in [-0.2, 0) is 44.7 Å². The van der Waals surface area contributed by atoms with Gasteiger partial charge in [0, 0.05) is 54.4 Å². The Labute approximate surface area is 330 Å². The first-order valence-corrected chi connectivity index (χ1v) is 20.7. The summed E-state index contributed by atoms with van der Waals surface area (Å²) in [5.41, 5.74) is 3.35. The fourth-order valence-electron chi connectivity index (χ4n) is 7.82. The van der Waals surface area contributed by atoms with Gasteiger partial charge in [0.2, 0.25) is 5.91 Å². The van der Waals surface area contributed by atoms with E-state index in [0.29, 0.717) is 53.3 Å². The maximum Gasteiger partial charge on any atom is 0.329 e. The molecule has 12 nitrogen and oxygen atoms in total. The number of carbonyl (C=O) groups is 4. The molecule has 2 aromatic rings. The van der Waals surface area contributed by atoms with E-state index in [1.165, 1.54) is 39.2 Å². The lowest BCUT2D eigenvalue weighted by molar-refractivity contribution is -0.141. The molecule has 3 aliphatic carbocycles. The molecule has 0 aromatic carbocycles. The van der Waals surface area contributed by atoms with Crippen LogP contribution in [0.3, 0.4) is 0 Å². The van der Waals surface area contributed by atoms with Crippen molar-refractivity contribution in [3.05, 3.63) is 34.0 Å². The highest BCUT2D eigenvalue weighted by molar-refractivity contribution is 14.1. The van der Waals surface area contributed by atoms with Crippen LogP contribution in [0.2, 0.25) is 0 Å². The van der Waals surface area contributed by atoms with Crippen molar-refractivity contribution < 1.29 is 44.2 Å². The highest BCUT2D eigenvalue weighted by Crippen LogP contribution is 2.36. The number of aromatic nitrogens is 2. The van der Waals surface area contributed by atoms with Gasteiger partial charge in [-0.05, 0) is 66.1 Å². The number of aliphatic carboxylic acids is 1. The molecule has 1 N–H and O–H groups in total. The van der Waals surface area contributed by atoms with Crippen LogP contribution in [0, 0.1) is 35.5 Å². The van der Waals surface area contributed by atoms with Crippen LogP contribution in [0.1, 0.15) is 130 Å². The predicted octanol–water partition coefficient (Wildman–Crippen LogP) is 7.47. The van der Waals surface area contributed by atoms with E-state index in [1.54, 1.807) is 7.11 Å². The van der Waals surface area contributed by atoms with E-state index in [2.05, 4.69) is 42.7 Å². The first kappa shape index (κ1) is 43.1. The summed E-state index contributed by atoms with van der Waals surface area (Å²) in [6, 6.07) is 0. The lowest BCUT2D eigenvalue weighted by Gasteiger charge is -2.31. The number of ether oxygens (including phenoxy) is 2. The molecule has 2 fully saturated rings. The second kappa shape index (κ2) is 22.7. The quantitative estimate of drug-likeness (QED) is 0.186. The highest BCUT2D eigenvalue weighted by Gasteiger charge is 2.35. The normalized spacial score (nSPS) is 20.6. The number of likely N-dealkylation sites (tertiary alicyclic amines) is 1. The average molecular weight is 857 g/mol. The zero-order valence-electron chi connectivity index (χ0n) is 33.6. The average Bonchev–Trinajstić information content (AvgIpc) is 3.74. The minimum atomic E-state index is -0.933. The van der Waals surface area contributed by atoms with Crippen LogP contribution in [0.4, 0.5) is 0 Å². The molecule has 2 atom stereocenters. The zero-order chi connectivity index (χ0) is 39.8. The minimum absolute atomic E-state index is 0.0490. The van der Waals surface area contributed by atoms with Crippen molar-refractivity contribution in [3.8, 4) is 0 Å². The topological polar surface area (TPSA) is 162 Å². The third-order valence-electron chi connectivity index (χ3n) is 11.1. The number of piperidine rings is 1. The molecule has 1 saturated heterocycles. The Morgan fingerprint density at radius 2 is 1.23 bits per heavy atom. The number of methoxy groups -OCH3 is 2. The van der Waals surface area contributed by atoms with Gasteiger partial charge in [0.1, 0.15) is 24.7 Å². The Kier molecular flexibility index (Phi) is 18.4. The molecule has 3 heterocycles. The number of fused-ring (bicyclic) bond motifs is 2. The second-order valence-corrected chi connectivity index (χ2v) is 15.5. The highest BCUT2D eigenvalue weighted by atomic mass is 127. The molecular formula is C40H62IN3O9. The lowest BCUT2D eigenvalue weighted by atomic mass is 9.78. The van der Waals surface area contributed by atoms with Gasteiger partial charge in [-0.1, -0.05) is 92.7 Å². The summed E-state index contributed by atoms with van der Waals surface area (Å²) in [6.07, 6.45) is 13.1. The number of carboxylic acid groups (broad SMARTS) is 1. The third-order valence-corrected chi connectivity index (χ3v) is 11.1. The molecule has 1 amide bonds. The Hall–Kier alpha value is -2.65. The van der Waals surface area contributed by atoms with Gasteiger partial charge < -0.3 is 28.5 Å². The van der Waals surface area contributed by atoms with Crippen molar-refractivity contribution in [2.75, 3.05) is 45.4 Å². The third kappa shape index (κ3) is 13.3. The van der Waals surface area contributed by atoms with E-state index < -0.39 is 5.97 Å². The molecule has 6 rings (SSSR count). The van der Waals surface area contributed by atoms with Gasteiger partial charge in [-0.2, -0.15) is 0 Å². The lowest BCUT2D eigenvalue weighted by Crippen LogP contribution is -2.40. The summed E-state index contributed by atoms with van der Waals surface area (Å²) < 4.78 is 26.4. The van der Waals surface area contributed by atoms with Crippen LogP contribution >= 0.6 is 22.6 Å². The molecule has 13 heteroatoms. The second-order valence-electron chi connectivity index (χ2n) is 15.5. The number of alkyl halides is 1. The maximum atomic E-state index is 12.6. The Bertz CT molecular complexity index is 1480. The van der Waals surface area contributed by atoms with E-state index in [0.717, 1.165) is 85.6 Å². The molecule has 53 heavy (non-hydrogen) atoms. The molecule has 0 radical (unpaired) electrons. The number of halogens is 1. The van der Waals surface area contributed by atoms with Crippen molar-refractivity contribution in [2.45, 2.75) is 111 Å². The molecule has 2 unspecified atom stereocenters. The van der Waals surface area contributed by atoms with Crippen LogP contribution < -0.4 is 0 Å². The fourth-order valence-corrected chi connectivity index (χ4v) is 7.82. The van der Waals surface area contributed by atoms with E-state index in [4.69, 9.17) is 20.3 Å². The van der Waals surface area contributed by atoms with Crippen molar-refractivity contribution >= 4 is 46.0 Å². The number of amides is 1. The molecule has 2 aromatic heterocycles. The Morgan fingerprint density at radius 1 is 0.792 bits per heavy atom. The Balaban J connectivity index is 0.000000241. The molecule has 4 aliphatic rings. The first-order valence-electron chi connectivity index (χ1n) is 19.9. The minimum Gasteiger partial charge on any atom is -0.480 e. The van der Waals surface area contributed by atoms with E-state index in [-0.39, 0.29) is 30.7 Å². The Morgan fingerprint density at radius 3 is 1.60 bits per heavy atom. The molecular weight excluding hydrogens is 793 g/mol. The van der Waals surface area contributed by atoms with E-state index >= 15 is 0 Å². The van der Waals surface area contributed by atoms with Crippen molar-refractivity contribution in [1.82, 2.24) is 15.2 Å². The smallest absolute Gasteiger partial charge is 0.329 e. The summed E-state index contributed by atoms with van der Waals surface area (Å²) in [5.74, 6) is 4.12. The molecule has 0 spiro atoms. The van der Waals surface area contributed by atoms with Crippen LogP contribution in [0.25, 0.3) is 0 Å². The van der Waals surface area contributed by atoms with Gasteiger partial charge in [-0.3, -0.25) is 14.4 Å². The number of rotatable bonds is 10. The number of Topliss-reactive ketones (excluding diaryl/α,β-unsaturated/α-hetero) is 2. The first-order chi connectivity index (χ1) is 25.8. The number of hydrogen-bond acceptors (Lipinski definition) is 10. The van der Waals surface area contributed by atoms with Gasteiger partial charge >= 0.3 is 5.97 Å². The van der Waals surface area contributed by atoms with Crippen LogP contribution in [0.15, 0.2) is 9.05 Å². The number of ketones is 2. The van der Waals surface area contributed by atoms with Crippen LogP contribution in [0.5, 0.6) is 0 Å². The van der Waals surface area contributed by atoms with Gasteiger partial charge in [-0.15, -0.1) is 0 Å². The largest absolute Gasteiger partial charge is 0.480 e. The molecule has 298 valence electrons. The number of carbonyl (C=O) groups excluding carboxylic acids is 3. The van der Waals surface area contributed by atoms with Crippen LogP contribution in [-0.4, -0.2) is 89.2 Å². The van der Waals surface area contributed by atoms with Crippen molar-refractivity contribution in [1.29, 1.82) is 0 Å². The maximum absolute atomic E-state index is 12.6. The summed E-state index contributed by atoms with van der Waals surface area (Å²) in [4.78, 5) is 48.7. The predicted molar refractivity (Wildman–Crippen MR) is 210 cm³/mol. The standard InChI is InChI=1S/C19H28N2O4.C17H25NO2.C3H6O3.CH3I/c1-12(2)14-9-15-19(16(22)10-14)17(25-20-15)8-13-4-6-21(7-5-13)18(23)11-24-3;1-11(2)13-9-14-17(15(19)10-13)16(20-18-14)8-12-6-4-3-5-7-12;1-6-2-3(4)5;1-2/h12-14H,4-11H2,1-3H3;11-13H,3-10H2,1-2H3;2H2,1H3,(H,4,5);1H3/i;;;1D. The summed E-state index contributed by atoms with van der Waals surface area (Å²) in [6.45, 7) is 10.1. The molecule has 0 bridgehead atoms. The van der Waals surface area contributed by atoms with Crippen molar-refractivity contribution in [2.24, 2.45) is 35.5 Å². The van der Waals surface area contributed by atoms with Crippen molar-refractivity contribution in [3.63, 3.8) is 0 Å². The number of nitrogens with zero attached hydrogens (tertiary/aromatic N) is 3. The zero-order valence-corrected chi connectivity index (χ0v) is 34.8. The number of hydrogen-bond donors (Lipinski definition) is 1. The van der Waals surface area contributed by atoms with E-state index in [9.17, 15) is 19.2 Å². The fraction of sp³-hybridized carbons (Fsp3) is 0.750. The number of carboxylic acids is 1.